The lowest BCUT2D eigenvalue weighted by Crippen LogP contribution is -2.42. The minimum absolute atomic E-state index is 0.178. The molecule has 1 atom stereocenters. The number of furan rings is 1. The summed E-state index contributed by atoms with van der Waals surface area (Å²) in [6.45, 7) is 1.94. The minimum Gasteiger partial charge on any atom is -0.467 e. The molecular weight excluding hydrogens is 400 g/mol. The average Bonchev–Trinajstić information content (AvgIpc) is 3.27. The largest absolute Gasteiger partial charge is 0.467 e. The Balaban J connectivity index is 1.82. The number of fused-ring (bicyclic) bond motifs is 1. The molecule has 0 unspecified atom stereocenters. The van der Waals surface area contributed by atoms with Crippen molar-refractivity contribution < 1.29 is 18.7 Å². The Morgan fingerprint density at radius 3 is 2.81 bits per heavy atom. The van der Waals surface area contributed by atoms with Gasteiger partial charge in [-0.25, -0.2) is 4.79 Å². The molecular formula is C19H19BrN2O4. The van der Waals surface area contributed by atoms with Crippen molar-refractivity contribution in [2.75, 3.05) is 7.11 Å². The molecule has 0 aliphatic carbocycles. The molecule has 136 valence electrons. The number of nitrogens with one attached hydrogen (secondary N) is 2. The van der Waals surface area contributed by atoms with Crippen LogP contribution in [-0.4, -0.2) is 30.0 Å². The van der Waals surface area contributed by atoms with Crippen LogP contribution in [0.5, 0.6) is 0 Å². The number of aromatic amines is 1. The van der Waals surface area contributed by atoms with Crippen LogP contribution in [0.2, 0.25) is 0 Å². The van der Waals surface area contributed by atoms with Gasteiger partial charge in [-0.1, -0.05) is 22.9 Å². The number of aromatic nitrogens is 1. The molecule has 0 spiro atoms. The zero-order chi connectivity index (χ0) is 18.7. The highest BCUT2D eigenvalue weighted by molar-refractivity contribution is 9.10. The van der Waals surface area contributed by atoms with E-state index in [9.17, 15) is 9.59 Å². The van der Waals surface area contributed by atoms with Gasteiger partial charge in [-0.2, -0.15) is 0 Å². The number of halogens is 1. The Labute approximate surface area is 159 Å². The number of rotatable bonds is 6. The Morgan fingerprint density at radius 2 is 2.12 bits per heavy atom. The lowest BCUT2D eigenvalue weighted by molar-refractivity contribution is -0.142. The van der Waals surface area contributed by atoms with E-state index in [1.807, 2.05) is 31.3 Å². The molecule has 0 aliphatic heterocycles. The van der Waals surface area contributed by atoms with Crippen LogP contribution in [-0.2, 0) is 22.4 Å². The van der Waals surface area contributed by atoms with Gasteiger partial charge in [0.15, 0.2) is 5.76 Å². The second-order valence-corrected chi connectivity index (χ2v) is 6.79. The summed E-state index contributed by atoms with van der Waals surface area (Å²) in [5.74, 6) is -0.0604. The average molecular weight is 419 g/mol. The molecule has 0 saturated heterocycles. The Bertz CT molecular complexity index is 944. The number of ether oxygens (including phenoxy) is 1. The highest BCUT2D eigenvalue weighted by Crippen LogP contribution is 2.24. The number of aryl methyl sites for hydroxylation is 1. The van der Waals surface area contributed by atoms with Crippen LogP contribution >= 0.6 is 15.9 Å². The summed E-state index contributed by atoms with van der Waals surface area (Å²) in [6, 6.07) is 8.39. The molecule has 3 aromatic rings. The van der Waals surface area contributed by atoms with Gasteiger partial charge >= 0.3 is 5.97 Å². The number of carbonyl (C=O) groups excluding carboxylic acids is 2. The maximum absolute atomic E-state index is 12.4. The van der Waals surface area contributed by atoms with E-state index in [4.69, 9.17) is 9.15 Å². The van der Waals surface area contributed by atoms with Crippen LogP contribution in [0.1, 0.15) is 28.8 Å². The van der Waals surface area contributed by atoms with Gasteiger partial charge in [0.25, 0.3) is 5.91 Å². The van der Waals surface area contributed by atoms with Gasteiger partial charge in [0.05, 0.1) is 7.11 Å². The quantitative estimate of drug-likeness (QED) is 0.598. The first kappa shape index (κ1) is 18.3. The van der Waals surface area contributed by atoms with Crippen molar-refractivity contribution in [2.45, 2.75) is 25.8 Å². The number of hydrogen-bond acceptors (Lipinski definition) is 4. The molecule has 0 aliphatic rings. The Morgan fingerprint density at radius 1 is 1.31 bits per heavy atom. The maximum atomic E-state index is 12.4. The van der Waals surface area contributed by atoms with E-state index >= 15 is 0 Å². The maximum Gasteiger partial charge on any atom is 0.328 e. The predicted molar refractivity (Wildman–Crippen MR) is 101 cm³/mol. The SMILES string of the molecule is CCc1ccc(C(=O)N[C@H](Cc2c[nH]c3ccc(Br)cc23)C(=O)OC)o1. The van der Waals surface area contributed by atoms with E-state index in [0.717, 1.165) is 20.9 Å². The van der Waals surface area contributed by atoms with Crippen molar-refractivity contribution in [1.29, 1.82) is 0 Å². The third kappa shape index (κ3) is 3.83. The molecule has 7 heteroatoms. The van der Waals surface area contributed by atoms with Crippen LogP contribution < -0.4 is 5.32 Å². The molecule has 2 N–H and O–H groups in total. The number of carbonyl (C=O) groups is 2. The Kier molecular flexibility index (Phi) is 5.46. The summed E-state index contributed by atoms with van der Waals surface area (Å²) < 4.78 is 11.2. The molecule has 6 nitrogen and oxygen atoms in total. The molecule has 0 saturated carbocycles. The van der Waals surface area contributed by atoms with Gasteiger partial charge in [-0.15, -0.1) is 0 Å². The summed E-state index contributed by atoms with van der Waals surface area (Å²) in [5.41, 5.74) is 1.86. The van der Waals surface area contributed by atoms with E-state index in [0.29, 0.717) is 18.6 Å². The molecule has 1 amide bonds. The number of methoxy groups -OCH3 is 1. The lowest BCUT2D eigenvalue weighted by atomic mass is 10.0. The van der Waals surface area contributed by atoms with E-state index in [2.05, 4.69) is 26.2 Å². The zero-order valence-corrected chi connectivity index (χ0v) is 16.1. The van der Waals surface area contributed by atoms with Gasteiger partial charge in [0.2, 0.25) is 0 Å². The van der Waals surface area contributed by atoms with Crippen LogP contribution in [0.3, 0.4) is 0 Å². The van der Waals surface area contributed by atoms with E-state index in [1.54, 1.807) is 12.1 Å². The monoisotopic (exact) mass is 418 g/mol. The molecule has 3 rings (SSSR count). The standard InChI is InChI=1S/C19H19BrN2O4/c1-3-13-5-7-17(26-13)18(23)22-16(19(24)25-2)8-11-10-21-15-6-4-12(20)9-14(11)15/h4-7,9-10,16,21H,3,8H2,1-2H3,(H,22,23)/t16-/m1/s1. The van der Waals surface area contributed by atoms with Crippen molar-refractivity contribution in [2.24, 2.45) is 0 Å². The first-order valence-corrected chi connectivity index (χ1v) is 9.04. The summed E-state index contributed by atoms with van der Waals surface area (Å²) in [4.78, 5) is 27.8. The molecule has 0 fully saturated rings. The summed E-state index contributed by atoms with van der Waals surface area (Å²) in [5, 5.41) is 3.69. The number of esters is 1. The molecule has 1 aromatic carbocycles. The van der Waals surface area contributed by atoms with E-state index in [1.165, 1.54) is 7.11 Å². The van der Waals surface area contributed by atoms with Crippen LogP contribution in [0.25, 0.3) is 10.9 Å². The van der Waals surface area contributed by atoms with Crippen LogP contribution in [0.4, 0.5) is 0 Å². The highest BCUT2D eigenvalue weighted by Gasteiger charge is 2.25. The molecule has 0 radical (unpaired) electrons. The topological polar surface area (TPSA) is 84.3 Å². The van der Waals surface area contributed by atoms with Crippen molar-refractivity contribution in [3.8, 4) is 0 Å². The van der Waals surface area contributed by atoms with E-state index < -0.39 is 17.9 Å². The van der Waals surface area contributed by atoms with Crippen LogP contribution in [0.15, 0.2) is 45.4 Å². The van der Waals surface area contributed by atoms with Gasteiger partial charge < -0.3 is 19.5 Å². The lowest BCUT2D eigenvalue weighted by Gasteiger charge is -2.15. The predicted octanol–water partition coefficient (Wildman–Crippen LogP) is 3.60. The number of amides is 1. The number of hydrogen-bond donors (Lipinski definition) is 2. The molecule has 26 heavy (non-hydrogen) atoms. The zero-order valence-electron chi connectivity index (χ0n) is 14.5. The molecule has 0 bridgehead atoms. The van der Waals surface area contributed by atoms with E-state index in [-0.39, 0.29) is 5.76 Å². The van der Waals surface area contributed by atoms with Gasteiger partial charge in [0.1, 0.15) is 11.8 Å². The van der Waals surface area contributed by atoms with Gasteiger partial charge in [-0.05, 0) is 35.9 Å². The summed E-state index contributed by atoms with van der Waals surface area (Å²) in [6.07, 6.45) is 2.83. The Hall–Kier alpha value is -2.54. The fraction of sp³-hybridized carbons (Fsp3) is 0.263. The normalized spacial score (nSPS) is 12.1. The van der Waals surface area contributed by atoms with Gasteiger partial charge in [0, 0.05) is 34.4 Å². The fourth-order valence-corrected chi connectivity index (χ4v) is 3.16. The second kappa shape index (κ2) is 7.78. The fourth-order valence-electron chi connectivity index (χ4n) is 2.79. The van der Waals surface area contributed by atoms with Gasteiger partial charge in [-0.3, -0.25) is 4.79 Å². The highest BCUT2D eigenvalue weighted by atomic mass is 79.9. The second-order valence-electron chi connectivity index (χ2n) is 5.88. The third-order valence-electron chi connectivity index (χ3n) is 4.18. The van der Waals surface area contributed by atoms with Crippen molar-refractivity contribution in [3.63, 3.8) is 0 Å². The van der Waals surface area contributed by atoms with Crippen molar-refractivity contribution in [3.05, 3.63) is 58.1 Å². The molecule has 2 aromatic heterocycles. The number of benzene rings is 1. The summed E-state index contributed by atoms with van der Waals surface area (Å²) >= 11 is 3.45. The van der Waals surface area contributed by atoms with Crippen molar-refractivity contribution >= 4 is 38.7 Å². The molecule has 2 heterocycles. The number of H-pyrrole nitrogens is 1. The first-order valence-electron chi connectivity index (χ1n) is 8.24. The van der Waals surface area contributed by atoms with Crippen LogP contribution in [0, 0.1) is 0 Å². The summed E-state index contributed by atoms with van der Waals surface area (Å²) in [7, 11) is 1.30. The van der Waals surface area contributed by atoms with Crippen molar-refractivity contribution in [1.82, 2.24) is 10.3 Å². The first-order chi connectivity index (χ1) is 12.5. The smallest absolute Gasteiger partial charge is 0.328 e. The third-order valence-corrected chi connectivity index (χ3v) is 4.67. The minimum atomic E-state index is -0.819.